The number of benzene rings is 1. The van der Waals surface area contributed by atoms with Crippen LogP contribution in [0.25, 0.3) is 0 Å². The summed E-state index contributed by atoms with van der Waals surface area (Å²) in [5.74, 6) is 2.26. The van der Waals surface area contributed by atoms with Gasteiger partial charge in [-0.3, -0.25) is 5.32 Å². The Morgan fingerprint density at radius 3 is 2.58 bits per heavy atom. The third-order valence-electron chi connectivity index (χ3n) is 3.01. The van der Waals surface area contributed by atoms with E-state index in [1.54, 1.807) is 6.92 Å². The number of hydrogen-bond donors (Lipinski definition) is 1. The van der Waals surface area contributed by atoms with E-state index >= 15 is 0 Å². The van der Waals surface area contributed by atoms with Crippen LogP contribution in [0.3, 0.4) is 0 Å². The molecule has 1 aromatic rings. The van der Waals surface area contributed by atoms with Gasteiger partial charge in [-0.05, 0) is 18.9 Å². The van der Waals surface area contributed by atoms with Crippen molar-refractivity contribution in [1.29, 1.82) is 0 Å². The number of rotatable bonds is 7. The van der Waals surface area contributed by atoms with Crippen molar-refractivity contribution < 1.29 is 9.53 Å². The van der Waals surface area contributed by atoms with Gasteiger partial charge in [-0.15, -0.1) is 6.42 Å². The predicted molar refractivity (Wildman–Crippen MR) is 76.5 cm³/mol. The summed E-state index contributed by atoms with van der Waals surface area (Å²) in [4.78, 5) is 12.4. The fourth-order valence-electron chi connectivity index (χ4n) is 2.18. The van der Waals surface area contributed by atoms with Crippen molar-refractivity contribution in [2.45, 2.75) is 32.2 Å². The summed E-state index contributed by atoms with van der Waals surface area (Å²) >= 11 is 0. The van der Waals surface area contributed by atoms with Gasteiger partial charge in [0.1, 0.15) is 5.54 Å². The summed E-state index contributed by atoms with van der Waals surface area (Å²) in [6.07, 6.45) is 6.82. The Hall–Kier alpha value is -1.79. The molecule has 1 atom stereocenters. The first kappa shape index (κ1) is 15.3. The number of esters is 1. The molecule has 1 aromatic carbocycles. The molecule has 0 fully saturated rings. The Labute approximate surface area is 115 Å². The van der Waals surface area contributed by atoms with Gasteiger partial charge < -0.3 is 4.74 Å². The first-order chi connectivity index (χ1) is 9.21. The zero-order valence-corrected chi connectivity index (χ0v) is 11.6. The quantitative estimate of drug-likeness (QED) is 0.604. The van der Waals surface area contributed by atoms with Gasteiger partial charge in [0.25, 0.3) is 0 Å². The molecule has 0 saturated heterocycles. The normalized spacial score (nSPS) is 13.3. The van der Waals surface area contributed by atoms with Gasteiger partial charge in [-0.2, -0.15) is 0 Å². The summed E-state index contributed by atoms with van der Waals surface area (Å²) in [7, 11) is 0. The molecule has 3 nitrogen and oxygen atoms in total. The maximum atomic E-state index is 12.4. The van der Waals surface area contributed by atoms with Crippen molar-refractivity contribution in [3.63, 3.8) is 0 Å². The van der Waals surface area contributed by atoms with E-state index in [-0.39, 0.29) is 5.97 Å². The Balaban J connectivity index is 3.18. The Morgan fingerprint density at radius 2 is 2.05 bits per heavy atom. The number of hydrogen-bond acceptors (Lipinski definition) is 3. The van der Waals surface area contributed by atoms with Crippen LogP contribution in [-0.4, -0.2) is 19.1 Å². The molecule has 1 unspecified atom stereocenters. The maximum Gasteiger partial charge on any atom is 0.331 e. The zero-order chi connectivity index (χ0) is 14.1. The highest BCUT2D eigenvalue weighted by Gasteiger charge is 2.40. The lowest BCUT2D eigenvalue weighted by Crippen LogP contribution is -2.50. The highest BCUT2D eigenvalue weighted by molar-refractivity contribution is 5.82. The smallest absolute Gasteiger partial charge is 0.331 e. The van der Waals surface area contributed by atoms with Gasteiger partial charge in [0.2, 0.25) is 0 Å². The van der Waals surface area contributed by atoms with Crippen molar-refractivity contribution >= 4 is 5.97 Å². The second kappa shape index (κ2) is 7.60. The third-order valence-corrected chi connectivity index (χ3v) is 3.01. The average Bonchev–Trinajstić information content (AvgIpc) is 2.44. The van der Waals surface area contributed by atoms with E-state index in [9.17, 15) is 4.79 Å². The summed E-state index contributed by atoms with van der Waals surface area (Å²) in [6, 6.07) is 9.60. The van der Waals surface area contributed by atoms with Gasteiger partial charge in [-0.1, -0.05) is 49.6 Å². The number of carbonyl (C=O) groups excluding carboxylic acids is 1. The number of nitrogens with one attached hydrogen (secondary N) is 1. The molecule has 0 amide bonds. The van der Waals surface area contributed by atoms with Crippen molar-refractivity contribution in [2.75, 3.05) is 13.2 Å². The molecule has 0 aliphatic rings. The minimum Gasteiger partial charge on any atom is -0.464 e. The first-order valence-corrected chi connectivity index (χ1v) is 6.62. The molecule has 0 saturated carbocycles. The molecule has 1 rings (SSSR count). The van der Waals surface area contributed by atoms with E-state index < -0.39 is 5.54 Å². The van der Waals surface area contributed by atoms with Crippen LogP contribution in [0.15, 0.2) is 30.3 Å². The fourth-order valence-corrected chi connectivity index (χ4v) is 2.18. The fraction of sp³-hybridized carbons (Fsp3) is 0.438. The van der Waals surface area contributed by atoms with E-state index in [0.29, 0.717) is 19.6 Å². The van der Waals surface area contributed by atoms with Crippen LogP contribution in [0.2, 0.25) is 0 Å². The largest absolute Gasteiger partial charge is 0.464 e. The standard InChI is InChI=1S/C16H21NO2/c1-4-12-16(17-13-5-2,15(18)19-6-3)14-10-8-7-9-11-14/h2,7-11,17H,4,6,12-13H2,1,3H3. The molecule has 0 radical (unpaired) electrons. The van der Waals surface area contributed by atoms with Crippen LogP contribution in [0.5, 0.6) is 0 Å². The van der Waals surface area contributed by atoms with Crippen molar-refractivity contribution in [3.8, 4) is 12.3 Å². The number of carbonyl (C=O) groups is 1. The molecule has 0 spiro atoms. The maximum absolute atomic E-state index is 12.4. The molecule has 0 aliphatic heterocycles. The summed E-state index contributed by atoms with van der Waals surface area (Å²) in [5.41, 5.74) is 0.0452. The predicted octanol–water partition coefficient (Wildman–Crippen LogP) is 2.47. The first-order valence-electron chi connectivity index (χ1n) is 6.62. The molecule has 1 N–H and O–H groups in total. The summed E-state index contributed by atoms with van der Waals surface area (Å²) < 4.78 is 5.24. The molecule has 0 heterocycles. The number of ether oxygens (including phenoxy) is 1. The average molecular weight is 259 g/mol. The minimum atomic E-state index is -0.849. The molecule has 0 aliphatic carbocycles. The molecule has 102 valence electrons. The van der Waals surface area contributed by atoms with Crippen molar-refractivity contribution in [3.05, 3.63) is 35.9 Å². The van der Waals surface area contributed by atoms with Crippen LogP contribution in [0, 0.1) is 12.3 Å². The molecular weight excluding hydrogens is 238 g/mol. The van der Waals surface area contributed by atoms with Gasteiger partial charge in [0.05, 0.1) is 13.2 Å². The van der Waals surface area contributed by atoms with Crippen LogP contribution in [-0.2, 0) is 15.1 Å². The van der Waals surface area contributed by atoms with Gasteiger partial charge in [-0.25, -0.2) is 4.79 Å². The highest BCUT2D eigenvalue weighted by atomic mass is 16.5. The zero-order valence-electron chi connectivity index (χ0n) is 11.6. The monoisotopic (exact) mass is 259 g/mol. The van der Waals surface area contributed by atoms with Gasteiger partial charge in [0.15, 0.2) is 0 Å². The Morgan fingerprint density at radius 1 is 1.37 bits per heavy atom. The number of terminal acetylenes is 1. The van der Waals surface area contributed by atoms with E-state index in [4.69, 9.17) is 11.2 Å². The second-order valence-electron chi connectivity index (χ2n) is 4.30. The summed E-state index contributed by atoms with van der Waals surface area (Å²) in [6.45, 7) is 4.53. The SMILES string of the molecule is C#CCNC(CCC)(C(=O)OCC)c1ccccc1. The lowest BCUT2D eigenvalue weighted by atomic mass is 9.85. The van der Waals surface area contributed by atoms with Crippen molar-refractivity contribution in [2.24, 2.45) is 0 Å². The van der Waals surface area contributed by atoms with Crippen LogP contribution in [0.4, 0.5) is 0 Å². The van der Waals surface area contributed by atoms with Crippen molar-refractivity contribution in [1.82, 2.24) is 5.32 Å². The molecule has 19 heavy (non-hydrogen) atoms. The van der Waals surface area contributed by atoms with Gasteiger partial charge >= 0.3 is 5.97 Å². The lowest BCUT2D eigenvalue weighted by molar-refractivity contribution is -0.152. The van der Waals surface area contributed by atoms with E-state index in [1.165, 1.54) is 0 Å². The lowest BCUT2D eigenvalue weighted by Gasteiger charge is -2.32. The van der Waals surface area contributed by atoms with Gasteiger partial charge in [0, 0.05) is 0 Å². The van der Waals surface area contributed by atoms with E-state index in [2.05, 4.69) is 11.2 Å². The third kappa shape index (κ3) is 3.59. The topological polar surface area (TPSA) is 38.3 Å². The molecular formula is C16H21NO2. The molecule has 0 bridgehead atoms. The molecule has 3 heteroatoms. The van der Waals surface area contributed by atoms with E-state index in [1.807, 2.05) is 37.3 Å². The van der Waals surface area contributed by atoms with Crippen LogP contribution >= 0.6 is 0 Å². The van der Waals surface area contributed by atoms with E-state index in [0.717, 1.165) is 12.0 Å². The van der Waals surface area contributed by atoms with Crippen LogP contribution < -0.4 is 5.32 Å². The van der Waals surface area contributed by atoms with Crippen LogP contribution in [0.1, 0.15) is 32.3 Å². The Kier molecular flexibility index (Phi) is 6.11. The highest BCUT2D eigenvalue weighted by Crippen LogP contribution is 2.28. The second-order valence-corrected chi connectivity index (χ2v) is 4.30. The minimum absolute atomic E-state index is 0.265. The molecule has 0 aromatic heterocycles. The Bertz CT molecular complexity index is 436. The summed E-state index contributed by atoms with van der Waals surface area (Å²) in [5, 5.41) is 3.17.